The minimum atomic E-state index is -1.95. The summed E-state index contributed by atoms with van der Waals surface area (Å²) in [6.45, 7) is 18.6. The first-order valence-corrected chi connectivity index (χ1v) is 13.7. The van der Waals surface area contributed by atoms with Gasteiger partial charge in [-0.15, -0.1) is 0 Å². The van der Waals surface area contributed by atoms with Gasteiger partial charge in [-0.1, -0.05) is 85.7 Å². The molecule has 0 saturated carbocycles. The standard InChI is InChI=1S/C26H42O2Si/c1-18(2)25-15-14-24(28-29(19(3)4,20(5)6)21(7)8)16-23(25)17-26(27)22-12-10-9-11-13-22/h9-13,16,18-21,23,25H,14-15,17H2,1-8H3/t23-,25-/m1/s1. The Morgan fingerprint density at radius 3 is 2.00 bits per heavy atom. The van der Waals surface area contributed by atoms with E-state index in [9.17, 15) is 4.79 Å². The van der Waals surface area contributed by atoms with Crippen molar-refractivity contribution in [3.05, 3.63) is 47.7 Å². The first-order valence-electron chi connectivity index (χ1n) is 11.6. The van der Waals surface area contributed by atoms with E-state index >= 15 is 0 Å². The highest BCUT2D eigenvalue weighted by molar-refractivity contribution is 6.77. The van der Waals surface area contributed by atoms with Gasteiger partial charge in [0.15, 0.2) is 5.78 Å². The SMILES string of the molecule is CC(C)[C@H]1CCC(O[Si](C(C)C)(C(C)C)C(C)C)=C[C@@H]1CC(=O)c1ccccc1. The van der Waals surface area contributed by atoms with Crippen LogP contribution in [0.2, 0.25) is 16.6 Å². The molecule has 0 aromatic heterocycles. The van der Waals surface area contributed by atoms with E-state index in [-0.39, 0.29) is 11.7 Å². The number of hydrogen-bond acceptors (Lipinski definition) is 2. The second-order valence-electron chi connectivity index (χ2n) is 10.2. The molecule has 2 atom stereocenters. The van der Waals surface area contributed by atoms with Gasteiger partial charge in [0.05, 0.1) is 5.76 Å². The van der Waals surface area contributed by atoms with Crippen LogP contribution in [0.4, 0.5) is 0 Å². The van der Waals surface area contributed by atoms with Gasteiger partial charge in [0.1, 0.15) is 0 Å². The largest absolute Gasteiger partial charge is 0.546 e. The molecule has 0 amide bonds. The Kier molecular flexibility index (Phi) is 8.34. The smallest absolute Gasteiger partial charge is 0.258 e. The molecule has 29 heavy (non-hydrogen) atoms. The van der Waals surface area contributed by atoms with Crippen molar-refractivity contribution in [1.82, 2.24) is 0 Å². The highest BCUT2D eigenvalue weighted by atomic mass is 28.4. The number of carbonyl (C=O) groups is 1. The van der Waals surface area contributed by atoms with E-state index < -0.39 is 8.32 Å². The lowest BCUT2D eigenvalue weighted by molar-refractivity contribution is 0.0939. The predicted molar refractivity (Wildman–Crippen MR) is 127 cm³/mol. The molecule has 0 saturated heterocycles. The molecule has 0 radical (unpaired) electrons. The zero-order valence-corrected chi connectivity index (χ0v) is 20.9. The van der Waals surface area contributed by atoms with Crippen LogP contribution in [-0.4, -0.2) is 14.1 Å². The Balaban J connectivity index is 2.30. The maximum absolute atomic E-state index is 12.9. The summed E-state index contributed by atoms with van der Waals surface area (Å²) in [4.78, 5) is 12.9. The van der Waals surface area contributed by atoms with Gasteiger partial charge in [0, 0.05) is 18.4 Å². The normalized spacial score (nSPS) is 20.5. The molecular formula is C26H42O2Si. The fourth-order valence-corrected chi connectivity index (χ4v) is 11.0. The van der Waals surface area contributed by atoms with Gasteiger partial charge in [-0.05, 0) is 46.9 Å². The number of allylic oxidation sites excluding steroid dienone is 2. The average Bonchev–Trinajstić information content (AvgIpc) is 2.65. The molecule has 0 unspecified atom stereocenters. The van der Waals surface area contributed by atoms with Gasteiger partial charge >= 0.3 is 0 Å². The maximum Gasteiger partial charge on any atom is 0.258 e. The fraction of sp³-hybridized carbons (Fsp3) is 0.654. The molecular weight excluding hydrogens is 372 g/mol. The summed E-state index contributed by atoms with van der Waals surface area (Å²) >= 11 is 0. The van der Waals surface area contributed by atoms with Crippen LogP contribution in [0.5, 0.6) is 0 Å². The van der Waals surface area contributed by atoms with Gasteiger partial charge in [0.25, 0.3) is 8.32 Å². The van der Waals surface area contributed by atoms with Gasteiger partial charge in [-0.2, -0.15) is 0 Å². The minimum absolute atomic E-state index is 0.249. The second kappa shape index (κ2) is 10.1. The zero-order chi connectivity index (χ0) is 21.8. The summed E-state index contributed by atoms with van der Waals surface area (Å²) in [6.07, 6.45) is 5.05. The molecule has 162 valence electrons. The number of carbonyl (C=O) groups excluding carboxylic acids is 1. The quantitative estimate of drug-likeness (QED) is 0.302. The summed E-state index contributed by atoms with van der Waals surface area (Å²) in [5.41, 5.74) is 2.52. The third kappa shape index (κ3) is 5.42. The predicted octanol–water partition coefficient (Wildman–Crippen LogP) is 8.02. The van der Waals surface area contributed by atoms with Crippen molar-refractivity contribution in [2.75, 3.05) is 0 Å². The Morgan fingerprint density at radius 2 is 1.52 bits per heavy atom. The summed E-state index contributed by atoms with van der Waals surface area (Å²) < 4.78 is 7.00. The lowest BCUT2D eigenvalue weighted by atomic mass is 9.74. The van der Waals surface area contributed by atoms with Gasteiger partial charge in [-0.3, -0.25) is 4.79 Å². The highest BCUT2D eigenvalue weighted by Gasteiger charge is 2.47. The molecule has 0 heterocycles. The fourth-order valence-electron chi connectivity index (χ4n) is 5.63. The Morgan fingerprint density at radius 1 is 0.966 bits per heavy atom. The molecule has 1 aliphatic rings. The van der Waals surface area contributed by atoms with Gasteiger partial charge in [-0.25, -0.2) is 0 Å². The van der Waals surface area contributed by atoms with Crippen LogP contribution in [0.1, 0.15) is 85.0 Å². The van der Waals surface area contributed by atoms with Crippen molar-refractivity contribution in [1.29, 1.82) is 0 Å². The van der Waals surface area contributed by atoms with Crippen LogP contribution in [0.15, 0.2) is 42.2 Å². The van der Waals surface area contributed by atoms with E-state index in [4.69, 9.17) is 4.43 Å². The van der Waals surface area contributed by atoms with Crippen LogP contribution in [0, 0.1) is 17.8 Å². The van der Waals surface area contributed by atoms with Crippen molar-refractivity contribution in [2.45, 2.75) is 91.3 Å². The van der Waals surface area contributed by atoms with Crippen molar-refractivity contribution in [3.8, 4) is 0 Å². The summed E-state index contributed by atoms with van der Waals surface area (Å²) in [5.74, 6) is 2.80. The number of rotatable bonds is 9. The number of benzene rings is 1. The molecule has 2 rings (SSSR count). The number of hydrogen-bond donors (Lipinski definition) is 0. The average molecular weight is 415 g/mol. The molecule has 0 bridgehead atoms. The topological polar surface area (TPSA) is 26.3 Å². The van der Waals surface area contributed by atoms with Crippen molar-refractivity contribution < 1.29 is 9.22 Å². The summed E-state index contributed by atoms with van der Waals surface area (Å²) in [6, 6.07) is 9.74. The van der Waals surface area contributed by atoms with E-state index in [0.717, 1.165) is 24.2 Å². The number of ketones is 1. The lowest BCUT2D eigenvalue weighted by Gasteiger charge is -2.44. The van der Waals surface area contributed by atoms with Crippen LogP contribution in [0.25, 0.3) is 0 Å². The molecule has 0 aliphatic heterocycles. The molecule has 1 aromatic rings. The molecule has 0 fully saturated rings. The zero-order valence-electron chi connectivity index (χ0n) is 19.9. The van der Waals surface area contributed by atoms with Gasteiger partial charge < -0.3 is 4.43 Å². The molecule has 1 aromatic carbocycles. The minimum Gasteiger partial charge on any atom is -0.546 e. The van der Waals surface area contributed by atoms with Crippen LogP contribution < -0.4 is 0 Å². The van der Waals surface area contributed by atoms with E-state index in [1.54, 1.807) is 0 Å². The monoisotopic (exact) mass is 414 g/mol. The molecule has 1 aliphatic carbocycles. The van der Waals surface area contributed by atoms with E-state index in [2.05, 4.69) is 61.5 Å². The third-order valence-electron chi connectivity index (χ3n) is 7.06. The van der Waals surface area contributed by atoms with Crippen LogP contribution in [-0.2, 0) is 4.43 Å². The van der Waals surface area contributed by atoms with Crippen LogP contribution >= 0.6 is 0 Å². The maximum atomic E-state index is 12.9. The van der Waals surface area contributed by atoms with Gasteiger partial charge in [0.2, 0.25) is 0 Å². The first kappa shape index (κ1) is 23.9. The third-order valence-corrected chi connectivity index (χ3v) is 13.1. The van der Waals surface area contributed by atoms with Crippen molar-refractivity contribution in [2.24, 2.45) is 17.8 Å². The molecule has 0 N–H and O–H groups in total. The van der Waals surface area contributed by atoms with E-state index in [1.807, 2.05) is 30.3 Å². The Hall–Kier alpha value is -1.35. The first-order chi connectivity index (χ1) is 13.6. The van der Waals surface area contributed by atoms with Crippen molar-refractivity contribution in [3.63, 3.8) is 0 Å². The molecule has 2 nitrogen and oxygen atoms in total. The van der Waals surface area contributed by atoms with Crippen LogP contribution in [0.3, 0.4) is 0 Å². The van der Waals surface area contributed by atoms with E-state index in [0.29, 0.717) is 34.9 Å². The Bertz CT molecular complexity index is 666. The lowest BCUT2D eigenvalue weighted by Crippen LogP contribution is -2.47. The van der Waals surface area contributed by atoms with Crippen molar-refractivity contribution >= 4 is 14.1 Å². The van der Waals surface area contributed by atoms with E-state index in [1.165, 1.54) is 0 Å². The highest BCUT2D eigenvalue weighted by Crippen LogP contribution is 2.46. The number of Topliss-reactive ketones (excluding diaryl/α,β-unsaturated/α-hetero) is 1. The summed E-state index contributed by atoms with van der Waals surface area (Å²) in [5, 5.41) is 0. The molecule has 3 heteroatoms. The second-order valence-corrected chi connectivity index (χ2v) is 15.5. The molecule has 0 spiro atoms. The summed E-state index contributed by atoms with van der Waals surface area (Å²) in [7, 11) is -1.95. The Labute approximate surface area is 180 Å².